The van der Waals surface area contributed by atoms with Crippen LogP contribution in [0, 0.1) is 40.8 Å². The summed E-state index contributed by atoms with van der Waals surface area (Å²) in [6, 6.07) is 8.33. The number of hydrogen-bond acceptors (Lipinski definition) is 3. The Morgan fingerprint density at radius 3 is 1.67 bits per heavy atom. The van der Waals surface area contributed by atoms with Crippen LogP contribution in [0.25, 0.3) is 11.1 Å². The standard InChI is InChI=1S/C36H40F6O3/c1-3-19-44-30-17-15-26(32(38)36(30)42)23-9-11-24(12-10-23)45-20-21-5-7-22(8-6-21)25-13-14-27(33(39)31(25)37)28-16-18-29(43-4-2)35(41)34(28)40/h13-18,21-24H,3-12,19-20H2,1-2H3. The molecule has 0 bridgehead atoms. The van der Waals surface area contributed by atoms with Crippen molar-refractivity contribution in [2.24, 2.45) is 5.92 Å². The Kier molecular flexibility index (Phi) is 11.0. The average Bonchev–Trinajstić information content (AvgIpc) is 3.05. The quantitative estimate of drug-likeness (QED) is 0.197. The molecule has 3 aromatic carbocycles. The van der Waals surface area contributed by atoms with Crippen LogP contribution in [0.3, 0.4) is 0 Å². The molecule has 3 aromatic rings. The van der Waals surface area contributed by atoms with Gasteiger partial charge in [0.15, 0.2) is 34.8 Å². The van der Waals surface area contributed by atoms with E-state index in [1.54, 1.807) is 13.0 Å². The predicted octanol–water partition coefficient (Wildman–Crippen LogP) is 10.4. The maximum atomic E-state index is 15.2. The van der Waals surface area contributed by atoms with Gasteiger partial charge < -0.3 is 14.2 Å². The second-order valence-corrected chi connectivity index (χ2v) is 12.2. The molecule has 0 amide bonds. The number of halogens is 6. The van der Waals surface area contributed by atoms with Gasteiger partial charge in [-0.25, -0.2) is 17.6 Å². The molecule has 45 heavy (non-hydrogen) atoms. The molecule has 0 aromatic heterocycles. The SMILES string of the molecule is CCCOc1ccc(C2CCC(OCC3CCC(c4ccc(-c5ccc(OCC)c(F)c5F)c(F)c4F)CC3)CC2)c(F)c1F. The fourth-order valence-electron chi connectivity index (χ4n) is 6.73. The molecule has 0 spiro atoms. The van der Waals surface area contributed by atoms with Crippen LogP contribution >= 0.6 is 0 Å². The van der Waals surface area contributed by atoms with Crippen LogP contribution in [0.2, 0.25) is 0 Å². The summed E-state index contributed by atoms with van der Waals surface area (Å²) in [5.41, 5.74) is -0.0598. The van der Waals surface area contributed by atoms with Gasteiger partial charge in [0.25, 0.3) is 0 Å². The number of rotatable bonds is 11. The zero-order valence-electron chi connectivity index (χ0n) is 25.8. The molecule has 2 aliphatic carbocycles. The van der Waals surface area contributed by atoms with Crippen molar-refractivity contribution in [3.8, 4) is 22.6 Å². The first kappa shape index (κ1) is 33.2. The van der Waals surface area contributed by atoms with E-state index in [1.807, 2.05) is 6.92 Å². The third-order valence-electron chi connectivity index (χ3n) is 9.26. The molecule has 0 unspecified atom stereocenters. The van der Waals surface area contributed by atoms with Gasteiger partial charge in [0.1, 0.15) is 0 Å². The number of hydrogen-bond donors (Lipinski definition) is 0. The molecular formula is C36H40F6O3. The highest BCUT2D eigenvalue weighted by Gasteiger charge is 2.30. The number of benzene rings is 3. The van der Waals surface area contributed by atoms with Crippen molar-refractivity contribution >= 4 is 0 Å². The van der Waals surface area contributed by atoms with Crippen LogP contribution in [0.15, 0.2) is 36.4 Å². The van der Waals surface area contributed by atoms with Crippen molar-refractivity contribution in [2.45, 2.75) is 89.6 Å². The lowest BCUT2D eigenvalue weighted by Crippen LogP contribution is -2.26. The van der Waals surface area contributed by atoms with Gasteiger partial charge in [-0.2, -0.15) is 8.78 Å². The van der Waals surface area contributed by atoms with Crippen molar-refractivity contribution in [1.29, 1.82) is 0 Å². The summed E-state index contributed by atoms with van der Waals surface area (Å²) >= 11 is 0. The Bertz CT molecular complexity index is 1460. The summed E-state index contributed by atoms with van der Waals surface area (Å²) in [5, 5.41) is 0. The van der Waals surface area contributed by atoms with E-state index in [-0.39, 0.29) is 58.7 Å². The molecule has 2 fully saturated rings. The normalized spacial score (nSPS) is 22.0. The minimum absolute atomic E-state index is 0.0472. The lowest BCUT2D eigenvalue weighted by atomic mass is 9.78. The van der Waals surface area contributed by atoms with Crippen LogP contribution in [0.5, 0.6) is 11.5 Å². The Balaban J connectivity index is 1.11. The van der Waals surface area contributed by atoms with Crippen LogP contribution in [-0.2, 0) is 4.74 Å². The van der Waals surface area contributed by atoms with E-state index < -0.39 is 34.9 Å². The van der Waals surface area contributed by atoms with Crippen molar-refractivity contribution < 1.29 is 40.6 Å². The van der Waals surface area contributed by atoms with Gasteiger partial charge in [-0.05, 0) is 112 Å². The van der Waals surface area contributed by atoms with E-state index in [4.69, 9.17) is 14.2 Å². The van der Waals surface area contributed by atoms with Gasteiger partial charge >= 0.3 is 0 Å². The highest BCUT2D eigenvalue weighted by Crippen LogP contribution is 2.41. The van der Waals surface area contributed by atoms with Gasteiger partial charge in [0.05, 0.1) is 19.3 Å². The molecule has 5 rings (SSSR count). The molecule has 2 aliphatic rings. The predicted molar refractivity (Wildman–Crippen MR) is 161 cm³/mol. The zero-order chi connectivity index (χ0) is 32.1. The number of ether oxygens (including phenoxy) is 3. The first-order valence-corrected chi connectivity index (χ1v) is 16.0. The molecule has 0 atom stereocenters. The van der Waals surface area contributed by atoms with Crippen LogP contribution in [0.4, 0.5) is 26.3 Å². The topological polar surface area (TPSA) is 27.7 Å². The first-order chi connectivity index (χ1) is 21.7. The largest absolute Gasteiger partial charge is 0.491 e. The summed E-state index contributed by atoms with van der Waals surface area (Å²) < 4.78 is 105. The molecule has 0 heterocycles. The monoisotopic (exact) mass is 634 g/mol. The summed E-state index contributed by atoms with van der Waals surface area (Å²) in [6.07, 6.45) is 6.57. The summed E-state index contributed by atoms with van der Waals surface area (Å²) in [4.78, 5) is 0. The maximum Gasteiger partial charge on any atom is 0.201 e. The highest BCUT2D eigenvalue weighted by atomic mass is 19.2. The molecule has 0 saturated heterocycles. The summed E-state index contributed by atoms with van der Waals surface area (Å²) in [7, 11) is 0. The van der Waals surface area contributed by atoms with Crippen molar-refractivity contribution in [1.82, 2.24) is 0 Å². The lowest BCUT2D eigenvalue weighted by molar-refractivity contribution is -0.00295. The van der Waals surface area contributed by atoms with Gasteiger partial charge in [-0.3, -0.25) is 0 Å². The highest BCUT2D eigenvalue weighted by molar-refractivity contribution is 5.66. The van der Waals surface area contributed by atoms with Crippen LogP contribution < -0.4 is 9.47 Å². The molecule has 0 N–H and O–H groups in total. The molecule has 3 nitrogen and oxygen atoms in total. The van der Waals surface area contributed by atoms with Gasteiger partial charge in [-0.15, -0.1) is 0 Å². The molecule has 0 radical (unpaired) electrons. The van der Waals surface area contributed by atoms with Gasteiger partial charge in [0.2, 0.25) is 11.6 Å². The molecule has 0 aliphatic heterocycles. The second kappa shape index (κ2) is 14.9. The van der Waals surface area contributed by atoms with E-state index in [1.165, 1.54) is 30.3 Å². The van der Waals surface area contributed by atoms with E-state index in [0.717, 1.165) is 25.7 Å². The average molecular weight is 635 g/mol. The van der Waals surface area contributed by atoms with Crippen LogP contribution in [0.1, 0.15) is 94.6 Å². The van der Waals surface area contributed by atoms with Crippen molar-refractivity contribution in [3.05, 3.63) is 82.4 Å². The van der Waals surface area contributed by atoms with Crippen LogP contribution in [-0.4, -0.2) is 25.9 Å². The minimum Gasteiger partial charge on any atom is -0.491 e. The minimum atomic E-state index is -1.28. The second-order valence-electron chi connectivity index (χ2n) is 12.2. The molecule has 2 saturated carbocycles. The third-order valence-corrected chi connectivity index (χ3v) is 9.26. The van der Waals surface area contributed by atoms with Crippen molar-refractivity contribution in [3.63, 3.8) is 0 Å². The lowest BCUT2D eigenvalue weighted by Gasteiger charge is -2.33. The van der Waals surface area contributed by atoms with E-state index in [0.29, 0.717) is 50.9 Å². The third kappa shape index (κ3) is 7.29. The smallest absolute Gasteiger partial charge is 0.201 e. The molecule has 244 valence electrons. The fourth-order valence-corrected chi connectivity index (χ4v) is 6.73. The Hall–Kier alpha value is -3.20. The fraction of sp³-hybridized carbons (Fsp3) is 0.500. The Morgan fingerprint density at radius 1 is 0.556 bits per heavy atom. The van der Waals surface area contributed by atoms with E-state index in [9.17, 15) is 17.6 Å². The first-order valence-electron chi connectivity index (χ1n) is 16.0. The van der Waals surface area contributed by atoms with Gasteiger partial charge in [-0.1, -0.05) is 25.1 Å². The van der Waals surface area contributed by atoms with Gasteiger partial charge in [0, 0.05) is 17.7 Å². The zero-order valence-corrected chi connectivity index (χ0v) is 25.8. The van der Waals surface area contributed by atoms with E-state index in [2.05, 4.69) is 0 Å². The Morgan fingerprint density at radius 2 is 1.04 bits per heavy atom. The summed E-state index contributed by atoms with van der Waals surface area (Å²) in [6.45, 7) is 4.57. The Labute approximate surface area is 260 Å². The molecule has 9 heteroatoms. The maximum absolute atomic E-state index is 15.2. The summed E-state index contributed by atoms with van der Waals surface area (Å²) in [5.74, 6) is -6.79. The molecular weight excluding hydrogens is 594 g/mol. The van der Waals surface area contributed by atoms with E-state index >= 15 is 8.78 Å². The van der Waals surface area contributed by atoms with Crippen molar-refractivity contribution in [2.75, 3.05) is 19.8 Å².